The molecule has 0 heterocycles. The molecule has 0 N–H and O–H groups in total. The van der Waals surface area contributed by atoms with Crippen LogP contribution in [-0.4, -0.2) is 20.8 Å². The minimum absolute atomic E-state index is 0.0840. The molecule has 3 nitrogen and oxygen atoms in total. The first-order chi connectivity index (χ1) is 15.6. The molecule has 0 saturated heterocycles. The Kier molecular flexibility index (Phi) is 24.6. The largest absolute Gasteiger partial charge is 0.391 e. The van der Waals surface area contributed by atoms with Crippen molar-refractivity contribution in [3.8, 4) is 0 Å². The zero-order chi connectivity index (χ0) is 23.6. The standard InChI is InChI=1S/C27H53FO3S/c1-2-3-4-5-6-7-8-9-10-11-12-13-14-17-20-23-26-31-32(29,30)27-24-21-18-15-16-19-22-25-28/h23,26H,2-22,24-25,27H2,1H3. The maximum atomic E-state index is 12.0. The molecule has 0 aliphatic rings. The first-order valence-corrected chi connectivity index (χ1v) is 15.3. The molecule has 192 valence electrons. The van der Waals surface area contributed by atoms with Gasteiger partial charge in [-0.25, -0.2) is 0 Å². The third-order valence-electron chi connectivity index (χ3n) is 6.05. The monoisotopic (exact) mass is 476 g/mol. The Morgan fingerprint density at radius 2 is 1.00 bits per heavy atom. The van der Waals surface area contributed by atoms with Gasteiger partial charge in [0.15, 0.2) is 0 Å². The lowest BCUT2D eigenvalue weighted by Gasteiger charge is -2.04. The van der Waals surface area contributed by atoms with Crippen LogP contribution in [-0.2, 0) is 14.3 Å². The van der Waals surface area contributed by atoms with Crippen LogP contribution in [0.1, 0.15) is 148 Å². The summed E-state index contributed by atoms with van der Waals surface area (Å²) in [6.07, 6.45) is 29.1. The Morgan fingerprint density at radius 3 is 1.47 bits per heavy atom. The number of halogens is 1. The maximum Gasteiger partial charge on any atom is 0.308 e. The van der Waals surface area contributed by atoms with Crippen LogP contribution >= 0.6 is 0 Å². The molecule has 0 aromatic carbocycles. The van der Waals surface area contributed by atoms with E-state index in [1.807, 2.05) is 6.08 Å². The lowest BCUT2D eigenvalue weighted by atomic mass is 10.0. The zero-order valence-electron chi connectivity index (χ0n) is 21.1. The van der Waals surface area contributed by atoms with E-state index < -0.39 is 10.1 Å². The van der Waals surface area contributed by atoms with Gasteiger partial charge in [0, 0.05) is 0 Å². The van der Waals surface area contributed by atoms with E-state index in [0.717, 1.165) is 44.9 Å². The molecular weight excluding hydrogens is 423 g/mol. The van der Waals surface area contributed by atoms with Gasteiger partial charge in [-0.3, -0.25) is 4.39 Å². The van der Waals surface area contributed by atoms with Crippen LogP contribution in [0.5, 0.6) is 0 Å². The molecule has 0 bridgehead atoms. The fourth-order valence-electron chi connectivity index (χ4n) is 3.95. The molecule has 0 fully saturated rings. The van der Waals surface area contributed by atoms with Gasteiger partial charge in [-0.2, -0.15) is 8.42 Å². The molecule has 0 radical (unpaired) electrons. The van der Waals surface area contributed by atoms with Gasteiger partial charge in [0.2, 0.25) is 0 Å². The van der Waals surface area contributed by atoms with Crippen molar-refractivity contribution in [3.63, 3.8) is 0 Å². The van der Waals surface area contributed by atoms with E-state index in [4.69, 9.17) is 4.18 Å². The maximum absolute atomic E-state index is 12.0. The fraction of sp³-hybridized carbons (Fsp3) is 0.926. The molecule has 0 spiro atoms. The third kappa shape index (κ3) is 25.7. The van der Waals surface area contributed by atoms with Gasteiger partial charge in [0.05, 0.1) is 12.4 Å². The van der Waals surface area contributed by atoms with Gasteiger partial charge in [-0.15, -0.1) is 0 Å². The molecule has 0 aliphatic heterocycles. The topological polar surface area (TPSA) is 43.4 Å². The Balaban J connectivity index is 3.36. The quantitative estimate of drug-likeness (QED) is 0.0709. The van der Waals surface area contributed by atoms with Crippen molar-refractivity contribution < 1.29 is 17.0 Å². The van der Waals surface area contributed by atoms with Crippen molar-refractivity contribution in [2.45, 2.75) is 148 Å². The molecule has 0 aromatic rings. The van der Waals surface area contributed by atoms with Gasteiger partial charge >= 0.3 is 10.1 Å². The highest BCUT2D eigenvalue weighted by atomic mass is 32.2. The predicted molar refractivity (Wildman–Crippen MR) is 137 cm³/mol. The SMILES string of the molecule is CCCCCCCCCCCCCCCCC=COS(=O)(=O)CCCCCCCCCF. The van der Waals surface area contributed by atoms with Crippen LogP contribution in [0, 0.1) is 0 Å². The van der Waals surface area contributed by atoms with E-state index in [9.17, 15) is 12.8 Å². The highest BCUT2D eigenvalue weighted by Gasteiger charge is 2.08. The highest BCUT2D eigenvalue weighted by Crippen LogP contribution is 2.14. The summed E-state index contributed by atoms with van der Waals surface area (Å²) >= 11 is 0. The summed E-state index contributed by atoms with van der Waals surface area (Å²) in [4.78, 5) is 0. The zero-order valence-corrected chi connectivity index (χ0v) is 22.0. The molecule has 0 rings (SSSR count). The van der Waals surface area contributed by atoms with Crippen LogP contribution in [0.2, 0.25) is 0 Å². The minimum atomic E-state index is -3.44. The fourth-order valence-corrected chi connectivity index (χ4v) is 4.86. The van der Waals surface area contributed by atoms with Crippen LogP contribution < -0.4 is 0 Å². The second-order valence-corrected chi connectivity index (χ2v) is 11.0. The van der Waals surface area contributed by atoms with Crippen LogP contribution in [0.4, 0.5) is 4.39 Å². The third-order valence-corrected chi connectivity index (χ3v) is 7.24. The Labute approximate surface area is 200 Å². The van der Waals surface area contributed by atoms with E-state index >= 15 is 0 Å². The van der Waals surface area contributed by atoms with Crippen molar-refractivity contribution in [1.82, 2.24) is 0 Å². The summed E-state index contributed by atoms with van der Waals surface area (Å²) < 4.78 is 40.6. The van der Waals surface area contributed by atoms with Gasteiger partial charge in [-0.05, 0) is 31.8 Å². The Hall–Kier alpha value is -0.580. The molecular formula is C27H53FO3S. The number of allylic oxidation sites excluding steroid dienone is 1. The normalized spacial score (nSPS) is 12.1. The first kappa shape index (κ1) is 31.4. The molecule has 0 aliphatic carbocycles. The second kappa shape index (κ2) is 25.1. The van der Waals surface area contributed by atoms with Crippen LogP contribution in [0.25, 0.3) is 0 Å². The number of alkyl halides is 1. The lowest BCUT2D eigenvalue weighted by Crippen LogP contribution is -2.07. The van der Waals surface area contributed by atoms with E-state index in [1.165, 1.54) is 89.7 Å². The molecule has 32 heavy (non-hydrogen) atoms. The summed E-state index contributed by atoms with van der Waals surface area (Å²) in [5, 5.41) is 0. The van der Waals surface area contributed by atoms with Crippen molar-refractivity contribution in [1.29, 1.82) is 0 Å². The number of hydrogen-bond acceptors (Lipinski definition) is 3. The summed E-state index contributed by atoms with van der Waals surface area (Å²) in [6.45, 7) is 2.04. The van der Waals surface area contributed by atoms with Crippen LogP contribution in [0.15, 0.2) is 12.3 Å². The number of unbranched alkanes of at least 4 members (excludes halogenated alkanes) is 20. The van der Waals surface area contributed by atoms with Crippen molar-refractivity contribution in [2.24, 2.45) is 0 Å². The molecule has 0 saturated carbocycles. The second-order valence-electron chi connectivity index (χ2n) is 9.28. The van der Waals surface area contributed by atoms with Crippen LogP contribution in [0.3, 0.4) is 0 Å². The molecule has 0 unspecified atom stereocenters. The van der Waals surface area contributed by atoms with E-state index in [-0.39, 0.29) is 12.4 Å². The summed E-state index contributed by atoms with van der Waals surface area (Å²) in [7, 11) is -3.44. The minimum Gasteiger partial charge on any atom is -0.391 e. The Morgan fingerprint density at radius 1 is 0.594 bits per heavy atom. The summed E-state index contributed by atoms with van der Waals surface area (Å²) in [6, 6.07) is 0. The highest BCUT2D eigenvalue weighted by molar-refractivity contribution is 7.86. The van der Waals surface area contributed by atoms with Gasteiger partial charge in [0.25, 0.3) is 0 Å². The summed E-state index contributed by atoms with van der Waals surface area (Å²) in [5.41, 5.74) is 0. The van der Waals surface area contributed by atoms with E-state index in [0.29, 0.717) is 12.8 Å². The average Bonchev–Trinajstić information content (AvgIpc) is 2.77. The summed E-state index contributed by atoms with van der Waals surface area (Å²) in [5.74, 6) is 0.0840. The van der Waals surface area contributed by atoms with Crippen molar-refractivity contribution in [3.05, 3.63) is 12.3 Å². The Bertz CT molecular complexity index is 491. The van der Waals surface area contributed by atoms with Gasteiger partial charge in [0.1, 0.15) is 6.26 Å². The predicted octanol–water partition coefficient (Wildman–Crippen LogP) is 9.42. The smallest absolute Gasteiger partial charge is 0.308 e. The molecule has 0 amide bonds. The molecule has 0 aromatic heterocycles. The molecule has 5 heteroatoms. The first-order valence-electron chi connectivity index (χ1n) is 13.7. The number of rotatable bonds is 26. The lowest BCUT2D eigenvalue weighted by molar-refractivity contribution is 0.437. The van der Waals surface area contributed by atoms with Crippen molar-refractivity contribution in [2.75, 3.05) is 12.4 Å². The number of hydrogen-bond donors (Lipinski definition) is 0. The molecule has 0 atom stereocenters. The average molecular weight is 477 g/mol. The van der Waals surface area contributed by atoms with Crippen molar-refractivity contribution >= 4 is 10.1 Å². The van der Waals surface area contributed by atoms with Gasteiger partial charge in [-0.1, -0.05) is 122 Å². The van der Waals surface area contributed by atoms with E-state index in [2.05, 4.69) is 6.92 Å². The van der Waals surface area contributed by atoms with E-state index in [1.54, 1.807) is 0 Å². The van der Waals surface area contributed by atoms with Gasteiger partial charge < -0.3 is 4.18 Å².